The quantitative estimate of drug-likeness (QED) is 0.433. The zero-order chi connectivity index (χ0) is 24.5. The Morgan fingerprint density at radius 3 is 2.35 bits per heavy atom. The first-order valence-corrected chi connectivity index (χ1v) is 9.82. The van der Waals surface area contributed by atoms with Crippen molar-refractivity contribution in [3.63, 3.8) is 0 Å². The van der Waals surface area contributed by atoms with E-state index in [0.717, 1.165) is 12.1 Å². The summed E-state index contributed by atoms with van der Waals surface area (Å²) in [5.74, 6) is -0.964. The summed E-state index contributed by atoms with van der Waals surface area (Å²) in [4.78, 5) is 28.9. The lowest BCUT2D eigenvalue weighted by molar-refractivity contribution is -0.142. The number of amides is 1. The van der Waals surface area contributed by atoms with Crippen LogP contribution in [0.25, 0.3) is 16.9 Å². The number of rotatable bonds is 5. The summed E-state index contributed by atoms with van der Waals surface area (Å²) in [5.41, 5.74) is -0.912. The van der Waals surface area contributed by atoms with Crippen molar-refractivity contribution in [2.75, 3.05) is 19.5 Å². The number of aromatic nitrogens is 3. The molecular formula is C23H17F3N4O4. The molecule has 174 valence electrons. The van der Waals surface area contributed by atoms with Gasteiger partial charge in [0, 0.05) is 11.6 Å². The van der Waals surface area contributed by atoms with Gasteiger partial charge in [-0.15, -0.1) is 0 Å². The summed E-state index contributed by atoms with van der Waals surface area (Å²) in [6, 6.07) is 14.4. The van der Waals surface area contributed by atoms with Crippen molar-refractivity contribution >= 4 is 23.2 Å². The van der Waals surface area contributed by atoms with Crippen LogP contribution in [0, 0.1) is 0 Å². The Bertz CT molecular complexity index is 1380. The van der Waals surface area contributed by atoms with E-state index in [1.54, 1.807) is 36.4 Å². The van der Waals surface area contributed by atoms with Gasteiger partial charge in [-0.1, -0.05) is 12.1 Å². The molecule has 0 aliphatic rings. The van der Waals surface area contributed by atoms with Crippen molar-refractivity contribution < 1.29 is 32.2 Å². The lowest BCUT2D eigenvalue weighted by Gasteiger charge is -2.11. The molecule has 0 atom stereocenters. The van der Waals surface area contributed by atoms with Gasteiger partial charge in [-0.25, -0.2) is 14.3 Å². The highest BCUT2D eigenvalue weighted by Crippen LogP contribution is 2.33. The van der Waals surface area contributed by atoms with E-state index in [1.165, 1.54) is 26.4 Å². The molecule has 2 aromatic heterocycles. The maximum absolute atomic E-state index is 13.8. The maximum atomic E-state index is 13.8. The fraction of sp³-hybridized carbons (Fsp3) is 0.130. The number of anilines is 1. The number of halogens is 3. The molecule has 0 aliphatic heterocycles. The first-order chi connectivity index (χ1) is 16.2. The molecule has 0 bridgehead atoms. The predicted octanol–water partition coefficient (Wildman–Crippen LogP) is 4.46. The van der Waals surface area contributed by atoms with Gasteiger partial charge in [0.05, 0.1) is 31.2 Å². The fourth-order valence-corrected chi connectivity index (χ4v) is 3.26. The van der Waals surface area contributed by atoms with Crippen LogP contribution in [-0.2, 0) is 10.9 Å². The van der Waals surface area contributed by atoms with Crippen LogP contribution in [0.4, 0.5) is 18.9 Å². The van der Waals surface area contributed by atoms with Crippen LogP contribution in [0.3, 0.4) is 0 Å². The van der Waals surface area contributed by atoms with Crippen molar-refractivity contribution in [1.29, 1.82) is 0 Å². The van der Waals surface area contributed by atoms with E-state index in [9.17, 15) is 22.8 Å². The summed E-state index contributed by atoms with van der Waals surface area (Å²) in [5, 5.41) is 6.30. The number of fused-ring (bicyclic) bond motifs is 1. The Morgan fingerprint density at radius 2 is 1.71 bits per heavy atom. The first kappa shape index (κ1) is 22.8. The molecule has 0 saturated heterocycles. The molecule has 0 radical (unpaired) electrons. The van der Waals surface area contributed by atoms with Crippen LogP contribution in [0.5, 0.6) is 5.75 Å². The van der Waals surface area contributed by atoms with Gasteiger partial charge < -0.3 is 14.8 Å². The fourth-order valence-electron chi connectivity index (χ4n) is 3.26. The third-order valence-corrected chi connectivity index (χ3v) is 4.92. The molecule has 34 heavy (non-hydrogen) atoms. The Morgan fingerprint density at radius 1 is 1.00 bits per heavy atom. The normalized spacial score (nSPS) is 11.3. The Kier molecular flexibility index (Phi) is 5.93. The Labute approximate surface area is 190 Å². The molecule has 11 heteroatoms. The number of ether oxygens (including phenoxy) is 2. The zero-order valence-electron chi connectivity index (χ0n) is 17.9. The average molecular weight is 470 g/mol. The number of nitrogens with one attached hydrogen (secondary N) is 1. The second-order valence-electron chi connectivity index (χ2n) is 7.04. The van der Waals surface area contributed by atoms with Crippen molar-refractivity contribution in [2.24, 2.45) is 0 Å². The van der Waals surface area contributed by atoms with Crippen LogP contribution in [-0.4, -0.2) is 40.7 Å². The smallest absolute Gasteiger partial charge is 0.433 e. The van der Waals surface area contributed by atoms with Gasteiger partial charge in [-0.05, 0) is 42.5 Å². The van der Waals surface area contributed by atoms with E-state index in [0.29, 0.717) is 15.8 Å². The molecule has 8 nitrogen and oxygen atoms in total. The SMILES string of the molecule is COC(=O)c1ccccc1NC(=O)c1cc2nc(-c3ccc(OC)cc3)cc(C(F)(F)F)n2n1. The van der Waals surface area contributed by atoms with E-state index < -0.39 is 23.7 Å². The molecule has 0 unspecified atom stereocenters. The molecular weight excluding hydrogens is 453 g/mol. The zero-order valence-corrected chi connectivity index (χ0v) is 17.9. The van der Waals surface area contributed by atoms with Crippen molar-refractivity contribution in [2.45, 2.75) is 6.18 Å². The number of para-hydroxylation sites is 1. The molecule has 0 fully saturated rings. The number of methoxy groups -OCH3 is 2. The van der Waals surface area contributed by atoms with Crippen LogP contribution in [0.1, 0.15) is 26.5 Å². The summed E-state index contributed by atoms with van der Waals surface area (Å²) in [7, 11) is 2.66. The minimum atomic E-state index is -4.76. The maximum Gasteiger partial charge on any atom is 0.433 e. The number of hydrogen-bond acceptors (Lipinski definition) is 6. The van der Waals surface area contributed by atoms with Gasteiger partial charge >= 0.3 is 12.1 Å². The van der Waals surface area contributed by atoms with E-state index in [2.05, 4.69) is 20.1 Å². The van der Waals surface area contributed by atoms with Gasteiger partial charge in [0.15, 0.2) is 17.0 Å². The molecule has 1 N–H and O–H groups in total. The number of nitrogens with zero attached hydrogens (tertiary/aromatic N) is 3. The molecule has 4 aromatic rings. The molecule has 1 amide bonds. The average Bonchev–Trinajstić information content (AvgIpc) is 3.27. The molecule has 2 heterocycles. The van der Waals surface area contributed by atoms with Crippen LogP contribution in [0.2, 0.25) is 0 Å². The van der Waals surface area contributed by atoms with Crippen LogP contribution < -0.4 is 10.1 Å². The highest BCUT2D eigenvalue weighted by molar-refractivity contribution is 6.07. The number of alkyl halides is 3. The summed E-state index contributed by atoms with van der Waals surface area (Å²) >= 11 is 0. The lowest BCUT2D eigenvalue weighted by atomic mass is 10.1. The van der Waals surface area contributed by atoms with E-state index in [4.69, 9.17) is 4.74 Å². The van der Waals surface area contributed by atoms with E-state index in [-0.39, 0.29) is 28.3 Å². The molecule has 0 spiro atoms. The van der Waals surface area contributed by atoms with Crippen LogP contribution >= 0.6 is 0 Å². The topological polar surface area (TPSA) is 94.8 Å². The lowest BCUT2D eigenvalue weighted by Crippen LogP contribution is -2.17. The first-order valence-electron chi connectivity index (χ1n) is 9.82. The number of hydrogen-bond donors (Lipinski definition) is 1. The summed E-state index contributed by atoms with van der Waals surface area (Å²) in [6.45, 7) is 0. The van der Waals surface area contributed by atoms with Crippen molar-refractivity contribution in [1.82, 2.24) is 14.6 Å². The number of esters is 1. The molecule has 0 saturated carbocycles. The number of carbonyl (C=O) groups excluding carboxylic acids is 2. The standard InChI is InChI=1S/C23H17F3N4O4/c1-33-14-9-7-13(8-10-14)17-11-19(23(24,25)26)30-20(27-17)12-18(29-30)21(31)28-16-6-4-3-5-15(16)22(32)34-2/h3-12H,1-2H3,(H,28,31). The Hall–Kier alpha value is -4.41. The van der Waals surface area contributed by atoms with E-state index >= 15 is 0 Å². The molecule has 4 rings (SSSR count). The minimum Gasteiger partial charge on any atom is -0.497 e. The summed E-state index contributed by atoms with van der Waals surface area (Å²) in [6.07, 6.45) is -4.76. The minimum absolute atomic E-state index is 0.0466. The van der Waals surface area contributed by atoms with Gasteiger partial charge in [0.2, 0.25) is 0 Å². The van der Waals surface area contributed by atoms with E-state index in [1.807, 2.05) is 0 Å². The van der Waals surface area contributed by atoms with Crippen LogP contribution in [0.15, 0.2) is 60.7 Å². The largest absolute Gasteiger partial charge is 0.497 e. The molecule has 2 aromatic carbocycles. The Balaban J connectivity index is 1.76. The summed E-state index contributed by atoms with van der Waals surface area (Å²) < 4.78 is 51.7. The van der Waals surface area contributed by atoms with Gasteiger partial charge in [-0.2, -0.15) is 18.3 Å². The third-order valence-electron chi connectivity index (χ3n) is 4.92. The number of carbonyl (C=O) groups is 2. The second-order valence-corrected chi connectivity index (χ2v) is 7.04. The predicted molar refractivity (Wildman–Crippen MR) is 116 cm³/mol. The highest BCUT2D eigenvalue weighted by atomic mass is 19.4. The van der Waals surface area contributed by atoms with Crippen molar-refractivity contribution in [3.8, 4) is 17.0 Å². The molecule has 0 aliphatic carbocycles. The van der Waals surface area contributed by atoms with Gasteiger partial charge in [-0.3, -0.25) is 4.79 Å². The second kappa shape index (κ2) is 8.85. The van der Waals surface area contributed by atoms with Gasteiger partial charge in [0.25, 0.3) is 5.91 Å². The van der Waals surface area contributed by atoms with Gasteiger partial charge in [0.1, 0.15) is 5.75 Å². The van der Waals surface area contributed by atoms with Crippen molar-refractivity contribution in [3.05, 3.63) is 77.6 Å². The number of benzene rings is 2. The third kappa shape index (κ3) is 4.40. The monoisotopic (exact) mass is 470 g/mol. The highest BCUT2D eigenvalue weighted by Gasteiger charge is 2.35.